The first-order chi connectivity index (χ1) is 6.90. The summed E-state index contributed by atoms with van der Waals surface area (Å²) in [5, 5.41) is 0. The number of hydrogen-bond donors (Lipinski definition) is 0. The van der Waals surface area contributed by atoms with Crippen molar-refractivity contribution in [2.24, 2.45) is 0 Å². The molecule has 0 fully saturated rings. The van der Waals surface area contributed by atoms with Crippen molar-refractivity contribution in [3.05, 3.63) is 42.2 Å². The Morgan fingerprint density at radius 2 is 2.00 bits per heavy atom. The van der Waals surface area contributed by atoms with Crippen LogP contribution in [-0.2, 0) is 17.9 Å². The van der Waals surface area contributed by atoms with Crippen LogP contribution in [0.5, 0.6) is 0 Å². The summed E-state index contributed by atoms with van der Waals surface area (Å²) < 4.78 is 2.07. The zero-order valence-corrected chi connectivity index (χ0v) is 10.6. The van der Waals surface area contributed by atoms with Crippen molar-refractivity contribution < 1.29 is 17.9 Å². The van der Waals surface area contributed by atoms with E-state index in [1.165, 1.54) is 0 Å². The molecule has 0 saturated heterocycles. The van der Waals surface area contributed by atoms with Crippen LogP contribution in [0.4, 0.5) is 0 Å². The van der Waals surface area contributed by atoms with E-state index >= 15 is 0 Å². The molecular weight excluding hydrogens is 226 g/mol. The molecule has 3 heteroatoms. The Morgan fingerprint density at radius 1 is 1.21 bits per heavy atom. The predicted molar refractivity (Wildman–Crippen MR) is 53.5 cm³/mol. The molecule has 0 spiro atoms. The van der Waals surface area contributed by atoms with Gasteiger partial charge in [0.1, 0.15) is 0 Å². The summed E-state index contributed by atoms with van der Waals surface area (Å²) in [6.07, 6.45) is 6.79. The molecular formula is C11H7N2Zn-. The van der Waals surface area contributed by atoms with E-state index in [-0.39, 0.29) is 0 Å². The van der Waals surface area contributed by atoms with Gasteiger partial charge in [-0.3, -0.25) is 0 Å². The molecule has 0 atom stereocenters. The van der Waals surface area contributed by atoms with Crippen molar-refractivity contribution in [1.29, 1.82) is 0 Å². The third-order valence-corrected chi connectivity index (χ3v) is 2.37. The van der Waals surface area contributed by atoms with Crippen molar-refractivity contribution in [3.63, 3.8) is 0 Å². The molecule has 0 saturated carbocycles. The molecule has 0 amide bonds. The molecule has 0 aliphatic rings. The van der Waals surface area contributed by atoms with Crippen LogP contribution in [0.15, 0.2) is 30.3 Å². The van der Waals surface area contributed by atoms with Gasteiger partial charge in [0.25, 0.3) is 0 Å². The number of benzene rings is 1. The number of nitrogens with zero attached hydrogens (tertiary/aromatic N) is 2. The number of para-hydroxylation sites is 2. The van der Waals surface area contributed by atoms with E-state index in [4.69, 9.17) is 0 Å². The van der Waals surface area contributed by atoms with Gasteiger partial charge in [-0.1, -0.05) is 0 Å². The summed E-state index contributed by atoms with van der Waals surface area (Å²) in [6.45, 7) is 0. The maximum absolute atomic E-state index is 4.40. The molecule has 0 aliphatic heterocycles. The maximum atomic E-state index is 4.40. The Balaban J connectivity index is 2.51. The SMILES string of the molecule is [Zn]=[CH]/C=C\c1[c-]nc2ccccc2n1. The molecule has 64 valence electrons. The molecule has 0 radical (unpaired) electrons. The van der Waals surface area contributed by atoms with Gasteiger partial charge in [-0.25, -0.2) is 0 Å². The average Bonchev–Trinajstić information content (AvgIpc) is 2.26. The van der Waals surface area contributed by atoms with E-state index in [9.17, 15) is 0 Å². The number of rotatable bonds is 2. The molecule has 0 N–H and O–H groups in total. The van der Waals surface area contributed by atoms with Crippen LogP contribution in [0, 0.1) is 6.20 Å². The number of fused-ring (bicyclic) bond motifs is 1. The molecule has 1 aromatic heterocycles. The summed E-state index contributed by atoms with van der Waals surface area (Å²) in [7, 11) is 0. The summed E-state index contributed by atoms with van der Waals surface area (Å²) in [5.41, 5.74) is 2.59. The fourth-order valence-corrected chi connectivity index (χ4v) is 1.44. The van der Waals surface area contributed by atoms with Gasteiger partial charge in [0.2, 0.25) is 0 Å². The van der Waals surface area contributed by atoms with E-state index in [2.05, 4.69) is 20.8 Å². The van der Waals surface area contributed by atoms with Crippen LogP contribution < -0.4 is 0 Å². The summed E-state index contributed by atoms with van der Waals surface area (Å²) in [4.78, 5) is 8.59. The number of aromatic nitrogens is 2. The predicted octanol–water partition coefficient (Wildman–Crippen LogP) is 1.79. The topological polar surface area (TPSA) is 25.8 Å². The van der Waals surface area contributed by atoms with E-state index < -0.39 is 0 Å². The zero-order chi connectivity index (χ0) is 9.80. The standard InChI is InChI=1S/C11H7N2.Zn/c1-2-5-9-8-12-10-6-3-4-7-11(10)13-9;/h1-7H;/q-1;/b5-2-;. The van der Waals surface area contributed by atoms with Gasteiger partial charge in [-0.2, -0.15) is 0 Å². The van der Waals surface area contributed by atoms with Crippen LogP contribution in [0.3, 0.4) is 0 Å². The average molecular weight is 233 g/mol. The molecule has 2 aromatic rings. The van der Waals surface area contributed by atoms with E-state index in [1.54, 1.807) is 0 Å². The van der Waals surface area contributed by atoms with Crippen LogP contribution in [0.2, 0.25) is 0 Å². The minimum atomic E-state index is 0.786. The van der Waals surface area contributed by atoms with Gasteiger partial charge < -0.3 is 0 Å². The van der Waals surface area contributed by atoms with Crippen molar-refractivity contribution in [1.82, 2.24) is 9.97 Å². The van der Waals surface area contributed by atoms with E-state index in [1.807, 2.05) is 36.4 Å². The quantitative estimate of drug-likeness (QED) is 0.583. The summed E-state index contributed by atoms with van der Waals surface area (Å²) >= 11 is 1.15. The van der Waals surface area contributed by atoms with Gasteiger partial charge >= 0.3 is 91.8 Å². The first kappa shape index (κ1) is 9.35. The molecule has 0 unspecified atom stereocenters. The summed E-state index contributed by atoms with van der Waals surface area (Å²) in [6, 6.07) is 7.80. The van der Waals surface area contributed by atoms with Gasteiger partial charge in [-0.15, -0.1) is 0 Å². The molecule has 1 aromatic carbocycles. The van der Waals surface area contributed by atoms with Crippen LogP contribution in [0.1, 0.15) is 5.69 Å². The number of allylic oxidation sites excluding steroid dienone is 1. The van der Waals surface area contributed by atoms with Crippen LogP contribution in [0.25, 0.3) is 17.1 Å². The second-order valence-electron chi connectivity index (χ2n) is 2.80. The Bertz CT molecular complexity index is 491. The molecule has 1 heterocycles. The fraction of sp³-hybridized carbons (Fsp3) is 0. The molecule has 14 heavy (non-hydrogen) atoms. The summed E-state index contributed by atoms with van der Waals surface area (Å²) in [5.74, 6) is 0. The Morgan fingerprint density at radius 3 is 2.79 bits per heavy atom. The fourth-order valence-electron chi connectivity index (χ4n) is 1.16. The van der Waals surface area contributed by atoms with Crippen molar-refractivity contribution in [3.8, 4) is 0 Å². The van der Waals surface area contributed by atoms with E-state index in [0.29, 0.717) is 0 Å². The third-order valence-electron chi connectivity index (χ3n) is 1.80. The van der Waals surface area contributed by atoms with Crippen LogP contribution >= 0.6 is 0 Å². The van der Waals surface area contributed by atoms with Gasteiger partial charge in [0.05, 0.1) is 0 Å². The number of hydrogen-bond acceptors (Lipinski definition) is 2. The Kier molecular flexibility index (Phi) is 2.90. The van der Waals surface area contributed by atoms with Gasteiger partial charge in [0.15, 0.2) is 0 Å². The van der Waals surface area contributed by atoms with Crippen molar-refractivity contribution in [2.75, 3.05) is 0 Å². The Hall–Kier alpha value is -1.21. The Labute approximate surface area is 91.9 Å². The molecule has 2 rings (SSSR count). The monoisotopic (exact) mass is 231 g/mol. The normalized spacial score (nSPS) is 11.0. The van der Waals surface area contributed by atoms with Crippen molar-refractivity contribution >= 4 is 21.7 Å². The third kappa shape index (κ3) is 1.99. The zero-order valence-electron chi connectivity index (χ0n) is 7.64. The second-order valence-corrected chi connectivity index (χ2v) is 3.79. The molecule has 0 bridgehead atoms. The molecule has 0 aliphatic carbocycles. The van der Waals surface area contributed by atoms with E-state index in [0.717, 1.165) is 34.6 Å². The van der Waals surface area contributed by atoms with Gasteiger partial charge in [-0.05, 0) is 0 Å². The van der Waals surface area contributed by atoms with Gasteiger partial charge in [0, 0.05) is 0 Å². The first-order valence-corrected chi connectivity index (χ1v) is 6.05. The second kappa shape index (κ2) is 4.34. The first-order valence-electron chi connectivity index (χ1n) is 4.34. The van der Waals surface area contributed by atoms with Crippen molar-refractivity contribution in [2.45, 2.75) is 0 Å². The molecule has 2 nitrogen and oxygen atoms in total. The minimum absolute atomic E-state index is 0.786. The van der Waals surface area contributed by atoms with Crippen LogP contribution in [-0.4, -0.2) is 14.6 Å².